The van der Waals surface area contributed by atoms with Gasteiger partial charge in [0, 0.05) is 29.8 Å². The van der Waals surface area contributed by atoms with Gasteiger partial charge in [0.25, 0.3) is 0 Å². The van der Waals surface area contributed by atoms with Crippen molar-refractivity contribution in [1.29, 1.82) is 0 Å². The fourth-order valence-corrected chi connectivity index (χ4v) is 3.22. The maximum atomic E-state index is 5.85. The molecule has 19 heavy (non-hydrogen) atoms. The van der Waals surface area contributed by atoms with Crippen molar-refractivity contribution >= 4 is 33.0 Å². The lowest BCUT2D eigenvalue weighted by Gasteiger charge is -2.20. The average Bonchev–Trinajstić information content (AvgIpc) is 2.84. The molecule has 0 fully saturated rings. The third-order valence-electron chi connectivity index (χ3n) is 3.02. The van der Waals surface area contributed by atoms with Crippen LogP contribution in [0.5, 0.6) is 0 Å². The predicted octanol–water partition coefficient (Wildman–Crippen LogP) is 4.04. The second kappa shape index (κ2) is 6.55. The van der Waals surface area contributed by atoms with Crippen LogP contribution < -0.4 is 10.6 Å². The number of hydrogen-bond acceptors (Lipinski definition) is 3. The Bertz CT molecular complexity index is 523. The van der Waals surface area contributed by atoms with Crippen LogP contribution in [0, 0.1) is 0 Å². The van der Waals surface area contributed by atoms with Gasteiger partial charge in [-0.3, -0.25) is 0 Å². The number of hydrogen-bond donors (Lipinski definition) is 1. The molecule has 0 aliphatic heterocycles. The first-order valence-electron chi connectivity index (χ1n) is 6.32. The predicted molar refractivity (Wildman–Crippen MR) is 87.9 cm³/mol. The van der Waals surface area contributed by atoms with E-state index < -0.39 is 0 Å². The van der Waals surface area contributed by atoms with E-state index in [1.807, 2.05) is 6.92 Å². The molecule has 0 saturated carbocycles. The van der Waals surface area contributed by atoms with E-state index in [4.69, 9.17) is 5.73 Å². The molecule has 0 radical (unpaired) electrons. The summed E-state index contributed by atoms with van der Waals surface area (Å²) in [6.45, 7) is 2.96. The van der Waals surface area contributed by atoms with Gasteiger partial charge in [-0.2, -0.15) is 11.3 Å². The standard InChI is InChI=1S/C15H19BrN2S/c1-11(17)7-13-3-4-14(8-15(13)16)18(2)9-12-5-6-19-10-12/h3-6,8,10-11H,7,9,17H2,1-2H3. The number of nitrogens with zero attached hydrogens (tertiary/aromatic N) is 1. The van der Waals surface area contributed by atoms with Crippen LogP contribution in [0.3, 0.4) is 0 Å². The number of benzene rings is 1. The molecule has 0 bridgehead atoms. The SMILES string of the molecule is CC(N)Cc1ccc(N(C)Cc2ccsc2)cc1Br. The third kappa shape index (κ3) is 4.06. The Balaban J connectivity index is 2.10. The molecule has 0 aliphatic rings. The lowest BCUT2D eigenvalue weighted by atomic mass is 10.1. The first kappa shape index (κ1) is 14.6. The lowest BCUT2D eigenvalue weighted by Crippen LogP contribution is -2.19. The van der Waals surface area contributed by atoms with E-state index in [1.54, 1.807) is 11.3 Å². The highest BCUT2D eigenvalue weighted by molar-refractivity contribution is 9.10. The number of anilines is 1. The summed E-state index contributed by atoms with van der Waals surface area (Å²) in [4.78, 5) is 2.25. The molecule has 1 unspecified atom stereocenters. The normalized spacial score (nSPS) is 12.4. The monoisotopic (exact) mass is 338 g/mol. The van der Waals surface area contributed by atoms with E-state index in [9.17, 15) is 0 Å². The maximum absolute atomic E-state index is 5.85. The zero-order valence-electron chi connectivity index (χ0n) is 11.3. The minimum Gasteiger partial charge on any atom is -0.370 e. The van der Waals surface area contributed by atoms with Gasteiger partial charge in [0.1, 0.15) is 0 Å². The van der Waals surface area contributed by atoms with Crippen LogP contribution in [0.4, 0.5) is 5.69 Å². The second-order valence-electron chi connectivity index (χ2n) is 4.94. The molecule has 0 aliphatic carbocycles. The Kier molecular flexibility index (Phi) is 5.02. The van der Waals surface area contributed by atoms with Crippen molar-refractivity contribution in [2.75, 3.05) is 11.9 Å². The molecule has 0 spiro atoms. The quantitative estimate of drug-likeness (QED) is 0.891. The van der Waals surface area contributed by atoms with Crippen LogP contribution in [-0.2, 0) is 13.0 Å². The van der Waals surface area contributed by atoms with Crippen molar-refractivity contribution in [3.05, 3.63) is 50.6 Å². The topological polar surface area (TPSA) is 29.3 Å². The van der Waals surface area contributed by atoms with Gasteiger partial charge in [-0.05, 0) is 53.4 Å². The number of thiophene rings is 1. The van der Waals surface area contributed by atoms with E-state index >= 15 is 0 Å². The van der Waals surface area contributed by atoms with Crippen LogP contribution in [0.25, 0.3) is 0 Å². The van der Waals surface area contributed by atoms with Crippen molar-refractivity contribution in [1.82, 2.24) is 0 Å². The second-order valence-corrected chi connectivity index (χ2v) is 6.58. The molecule has 1 heterocycles. The molecule has 2 N–H and O–H groups in total. The maximum Gasteiger partial charge on any atom is 0.0434 e. The van der Waals surface area contributed by atoms with E-state index in [0.717, 1.165) is 17.4 Å². The van der Waals surface area contributed by atoms with E-state index in [0.29, 0.717) is 0 Å². The Morgan fingerprint density at radius 1 is 1.37 bits per heavy atom. The summed E-state index contributed by atoms with van der Waals surface area (Å²) in [5.41, 5.74) is 9.68. The zero-order valence-corrected chi connectivity index (χ0v) is 13.7. The molecule has 102 valence electrons. The molecule has 2 nitrogen and oxygen atoms in total. The molecular weight excluding hydrogens is 320 g/mol. The molecule has 2 aromatic rings. The number of rotatable bonds is 5. The highest BCUT2D eigenvalue weighted by atomic mass is 79.9. The fourth-order valence-electron chi connectivity index (χ4n) is 2.03. The van der Waals surface area contributed by atoms with Gasteiger partial charge in [0.05, 0.1) is 0 Å². The number of nitrogens with two attached hydrogens (primary N) is 1. The van der Waals surface area contributed by atoms with Crippen LogP contribution >= 0.6 is 27.3 Å². The van der Waals surface area contributed by atoms with Crippen LogP contribution in [0.1, 0.15) is 18.1 Å². The summed E-state index contributed by atoms with van der Waals surface area (Å²) < 4.78 is 1.14. The fraction of sp³-hybridized carbons (Fsp3) is 0.333. The third-order valence-corrected chi connectivity index (χ3v) is 4.49. The van der Waals surface area contributed by atoms with Crippen molar-refractivity contribution in [3.8, 4) is 0 Å². The summed E-state index contributed by atoms with van der Waals surface area (Å²) in [6.07, 6.45) is 0.898. The van der Waals surface area contributed by atoms with Gasteiger partial charge in [-0.15, -0.1) is 0 Å². The van der Waals surface area contributed by atoms with Crippen LogP contribution in [-0.4, -0.2) is 13.1 Å². The van der Waals surface area contributed by atoms with Crippen LogP contribution in [0.2, 0.25) is 0 Å². The Morgan fingerprint density at radius 3 is 2.74 bits per heavy atom. The van der Waals surface area contributed by atoms with Gasteiger partial charge in [0.15, 0.2) is 0 Å². The van der Waals surface area contributed by atoms with Gasteiger partial charge >= 0.3 is 0 Å². The summed E-state index contributed by atoms with van der Waals surface area (Å²) in [6, 6.07) is 8.85. The molecule has 0 saturated heterocycles. The first-order valence-corrected chi connectivity index (χ1v) is 8.06. The molecule has 0 amide bonds. The minimum absolute atomic E-state index is 0.186. The zero-order chi connectivity index (χ0) is 13.8. The van der Waals surface area contributed by atoms with Crippen LogP contribution in [0.15, 0.2) is 39.5 Å². The number of halogens is 1. The molecular formula is C15H19BrN2S. The molecule has 2 rings (SSSR count). The van der Waals surface area contributed by atoms with E-state index in [2.05, 4.69) is 62.9 Å². The summed E-state index contributed by atoms with van der Waals surface area (Å²) in [5, 5.41) is 4.31. The van der Waals surface area contributed by atoms with Crippen molar-refractivity contribution in [2.45, 2.75) is 25.9 Å². The Morgan fingerprint density at radius 2 is 2.16 bits per heavy atom. The highest BCUT2D eigenvalue weighted by Crippen LogP contribution is 2.25. The molecule has 1 aromatic carbocycles. The lowest BCUT2D eigenvalue weighted by molar-refractivity contribution is 0.736. The Hall–Kier alpha value is -0.840. The summed E-state index contributed by atoms with van der Waals surface area (Å²) in [7, 11) is 2.12. The van der Waals surface area contributed by atoms with Gasteiger partial charge in [0.2, 0.25) is 0 Å². The van der Waals surface area contributed by atoms with Gasteiger partial charge in [-0.1, -0.05) is 22.0 Å². The van der Waals surface area contributed by atoms with Gasteiger partial charge in [-0.25, -0.2) is 0 Å². The molecule has 4 heteroatoms. The smallest absolute Gasteiger partial charge is 0.0434 e. The van der Waals surface area contributed by atoms with Gasteiger partial charge < -0.3 is 10.6 Å². The van der Waals surface area contributed by atoms with Crippen molar-refractivity contribution in [3.63, 3.8) is 0 Å². The van der Waals surface area contributed by atoms with E-state index in [1.165, 1.54) is 16.8 Å². The summed E-state index contributed by atoms with van der Waals surface area (Å²) in [5.74, 6) is 0. The average molecular weight is 339 g/mol. The van der Waals surface area contributed by atoms with Crippen molar-refractivity contribution < 1.29 is 0 Å². The van der Waals surface area contributed by atoms with Crippen molar-refractivity contribution in [2.24, 2.45) is 5.73 Å². The van der Waals surface area contributed by atoms with E-state index in [-0.39, 0.29) is 6.04 Å². The summed E-state index contributed by atoms with van der Waals surface area (Å²) >= 11 is 5.38. The first-order chi connectivity index (χ1) is 9.06. The molecule has 1 atom stereocenters. The Labute approximate surface area is 127 Å². The highest BCUT2D eigenvalue weighted by Gasteiger charge is 2.07. The molecule has 1 aromatic heterocycles. The largest absolute Gasteiger partial charge is 0.370 e. The minimum atomic E-state index is 0.186.